The average Bonchev–Trinajstić information content (AvgIpc) is 2.68. The molecule has 0 unspecified atom stereocenters. The van der Waals surface area contributed by atoms with Crippen molar-refractivity contribution in [3.63, 3.8) is 0 Å². The molecular formula is C20H22F2N2O3S. The second-order valence-electron chi connectivity index (χ2n) is 6.76. The van der Waals surface area contributed by atoms with E-state index in [0.717, 1.165) is 25.0 Å². The lowest BCUT2D eigenvalue weighted by Gasteiger charge is -2.34. The van der Waals surface area contributed by atoms with Gasteiger partial charge in [-0.2, -0.15) is 4.31 Å². The third kappa shape index (κ3) is 4.56. The number of halogens is 2. The maximum atomic E-state index is 13.7. The van der Waals surface area contributed by atoms with Crippen molar-refractivity contribution in [3.05, 3.63) is 65.7 Å². The van der Waals surface area contributed by atoms with Crippen LogP contribution in [0.3, 0.4) is 0 Å². The first-order chi connectivity index (χ1) is 13.4. The van der Waals surface area contributed by atoms with Crippen molar-refractivity contribution in [2.45, 2.75) is 43.2 Å². The van der Waals surface area contributed by atoms with Crippen LogP contribution in [0, 0.1) is 11.6 Å². The number of nitrogens with zero attached hydrogens (tertiary/aromatic N) is 1. The van der Waals surface area contributed by atoms with E-state index in [4.69, 9.17) is 0 Å². The Morgan fingerprint density at radius 3 is 2.39 bits per heavy atom. The molecule has 1 amide bonds. The lowest BCUT2D eigenvalue weighted by Crippen LogP contribution is -2.45. The smallest absolute Gasteiger partial charge is 0.243 e. The van der Waals surface area contributed by atoms with Crippen LogP contribution in [0.25, 0.3) is 0 Å². The van der Waals surface area contributed by atoms with Crippen molar-refractivity contribution in [2.24, 2.45) is 0 Å². The lowest BCUT2D eigenvalue weighted by atomic mass is 10.0. The van der Waals surface area contributed by atoms with Crippen LogP contribution in [0.1, 0.15) is 31.2 Å². The van der Waals surface area contributed by atoms with E-state index >= 15 is 0 Å². The maximum absolute atomic E-state index is 13.7. The van der Waals surface area contributed by atoms with E-state index in [1.165, 1.54) is 22.5 Å². The summed E-state index contributed by atoms with van der Waals surface area (Å²) in [6, 6.07) is 11.1. The summed E-state index contributed by atoms with van der Waals surface area (Å²) < 4.78 is 54.6. The van der Waals surface area contributed by atoms with Gasteiger partial charge in [0.25, 0.3) is 0 Å². The van der Waals surface area contributed by atoms with Gasteiger partial charge in [0, 0.05) is 31.1 Å². The summed E-state index contributed by atoms with van der Waals surface area (Å²) in [5, 5.41) is 2.50. The summed E-state index contributed by atoms with van der Waals surface area (Å²) in [7, 11) is -3.70. The number of piperidine rings is 1. The topological polar surface area (TPSA) is 66.5 Å². The molecule has 8 heteroatoms. The molecule has 5 nitrogen and oxygen atoms in total. The molecule has 2 aromatic rings. The number of hydrogen-bond acceptors (Lipinski definition) is 3. The molecule has 0 saturated carbocycles. The zero-order valence-corrected chi connectivity index (χ0v) is 16.1. The van der Waals surface area contributed by atoms with Crippen molar-refractivity contribution in [1.29, 1.82) is 0 Å². The van der Waals surface area contributed by atoms with E-state index in [2.05, 4.69) is 5.32 Å². The summed E-state index contributed by atoms with van der Waals surface area (Å²) in [6.07, 6.45) is 2.06. The predicted octanol–water partition coefficient (Wildman–Crippen LogP) is 3.21. The number of sulfonamides is 1. The van der Waals surface area contributed by atoms with Crippen molar-refractivity contribution in [2.75, 3.05) is 6.54 Å². The van der Waals surface area contributed by atoms with Crippen molar-refractivity contribution in [3.8, 4) is 0 Å². The summed E-state index contributed by atoms with van der Waals surface area (Å²) in [4.78, 5) is 12.5. The van der Waals surface area contributed by atoms with Crippen molar-refractivity contribution >= 4 is 15.9 Å². The molecule has 1 saturated heterocycles. The molecular weight excluding hydrogens is 386 g/mol. The quantitative estimate of drug-likeness (QED) is 0.798. The van der Waals surface area contributed by atoms with Crippen LogP contribution in [0.5, 0.6) is 0 Å². The molecule has 0 aliphatic carbocycles. The molecule has 2 aromatic carbocycles. The van der Waals surface area contributed by atoms with Crippen LogP contribution in [0.4, 0.5) is 8.78 Å². The molecule has 1 aliphatic heterocycles. The third-order valence-electron chi connectivity index (χ3n) is 4.87. The van der Waals surface area contributed by atoms with Gasteiger partial charge in [-0.15, -0.1) is 0 Å². The van der Waals surface area contributed by atoms with Crippen molar-refractivity contribution in [1.82, 2.24) is 9.62 Å². The minimum absolute atomic E-state index is 0.0534. The molecule has 0 radical (unpaired) electrons. The van der Waals surface area contributed by atoms with Gasteiger partial charge >= 0.3 is 0 Å². The Morgan fingerprint density at radius 1 is 1.04 bits per heavy atom. The highest BCUT2D eigenvalue weighted by atomic mass is 32.2. The standard InChI is InChI=1S/C20H22F2N2O3S/c21-18-10-6-11-19(22)17(18)14-23-20(25)13-15-7-4-5-12-24(15)28(26,27)16-8-2-1-3-9-16/h1-3,6,8-11,15H,4-5,7,12-14H2,(H,23,25)/t15-/m1/s1. The Bertz CT molecular complexity index is 915. The first kappa shape index (κ1) is 20.4. The number of benzene rings is 2. The Morgan fingerprint density at radius 2 is 1.71 bits per heavy atom. The van der Waals surface area contributed by atoms with Gasteiger partial charge in [0.1, 0.15) is 11.6 Å². The predicted molar refractivity (Wildman–Crippen MR) is 101 cm³/mol. The van der Waals surface area contributed by atoms with E-state index in [1.807, 2.05) is 0 Å². The van der Waals surface area contributed by atoms with Crippen LogP contribution in [-0.2, 0) is 21.4 Å². The highest BCUT2D eigenvalue weighted by Crippen LogP contribution is 2.27. The van der Waals surface area contributed by atoms with Crippen LogP contribution in [0.2, 0.25) is 0 Å². The van der Waals surface area contributed by atoms with Crippen LogP contribution in [-0.4, -0.2) is 31.2 Å². The minimum atomic E-state index is -3.70. The Hall–Kier alpha value is -2.32. The molecule has 1 N–H and O–H groups in total. The van der Waals surface area contributed by atoms with Gasteiger partial charge < -0.3 is 5.32 Å². The lowest BCUT2D eigenvalue weighted by molar-refractivity contribution is -0.122. The van der Waals surface area contributed by atoms with Crippen LogP contribution in [0.15, 0.2) is 53.4 Å². The summed E-state index contributed by atoms with van der Waals surface area (Å²) in [5.41, 5.74) is -0.215. The van der Waals surface area contributed by atoms with Gasteiger partial charge in [-0.25, -0.2) is 17.2 Å². The molecule has 1 fully saturated rings. The fraction of sp³-hybridized carbons (Fsp3) is 0.350. The number of carbonyl (C=O) groups is 1. The van der Waals surface area contributed by atoms with Gasteiger partial charge in [0.15, 0.2) is 0 Å². The Labute approximate surface area is 163 Å². The van der Waals surface area contributed by atoms with Crippen molar-refractivity contribution < 1.29 is 22.0 Å². The van der Waals surface area contributed by atoms with Gasteiger partial charge in [-0.05, 0) is 37.1 Å². The van der Waals surface area contributed by atoms with Crippen LogP contribution < -0.4 is 5.32 Å². The molecule has 28 heavy (non-hydrogen) atoms. The number of amides is 1. The molecule has 0 spiro atoms. The monoisotopic (exact) mass is 408 g/mol. The normalized spacial score (nSPS) is 18.0. The fourth-order valence-electron chi connectivity index (χ4n) is 3.40. The van der Waals surface area contributed by atoms with Gasteiger partial charge in [0.2, 0.25) is 15.9 Å². The van der Waals surface area contributed by atoms with Gasteiger partial charge in [0.05, 0.1) is 4.90 Å². The largest absolute Gasteiger partial charge is 0.352 e. The first-order valence-corrected chi connectivity index (χ1v) is 10.6. The molecule has 3 rings (SSSR count). The molecule has 1 atom stereocenters. The summed E-state index contributed by atoms with van der Waals surface area (Å²) in [5.74, 6) is -1.90. The maximum Gasteiger partial charge on any atom is 0.243 e. The van der Waals surface area contributed by atoms with E-state index in [0.29, 0.717) is 13.0 Å². The van der Waals surface area contributed by atoms with Crippen LogP contribution >= 0.6 is 0 Å². The number of nitrogens with one attached hydrogen (secondary N) is 1. The van der Waals surface area contributed by atoms with E-state index in [9.17, 15) is 22.0 Å². The molecule has 0 bridgehead atoms. The highest BCUT2D eigenvalue weighted by Gasteiger charge is 2.34. The second kappa shape index (κ2) is 8.79. The summed E-state index contributed by atoms with van der Waals surface area (Å²) in [6.45, 7) is 0.0621. The summed E-state index contributed by atoms with van der Waals surface area (Å²) >= 11 is 0. The SMILES string of the molecule is O=C(C[C@H]1CCCCN1S(=O)(=O)c1ccccc1)NCc1c(F)cccc1F. The molecule has 1 heterocycles. The molecule has 1 aliphatic rings. The zero-order chi connectivity index (χ0) is 20.1. The third-order valence-corrected chi connectivity index (χ3v) is 6.83. The Kier molecular flexibility index (Phi) is 6.41. The van der Waals surface area contributed by atoms with E-state index in [1.54, 1.807) is 18.2 Å². The number of carbonyl (C=O) groups excluding carboxylic acids is 1. The van der Waals surface area contributed by atoms with E-state index in [-0.39, 0.29) is 23.4 Å². The Balaban J connectivity index is 1.68. The van der Waals surface area contributed by atoms with Gasteiger partial charge in [-0.1, -0.05) is 30.7 Å². The number of rotatable bonds is 6. The van der Waals surface area contributed by atoms with E-state index < -0.39 is 33.6 Å². The zero-order valence-electron chi connectivity index (χ0n) is 15.3. The number of hydrogen-bond donors (Lipinski definition) is 1. The van der Waals surface area contributed by atoms with Gasteiger partial charge in [-0.3, -0.25) is 4.79 Å². The average molecular weight is 408 g/mol. The highest BCUT2D eigenvalue weighted by molar-refractivity contribution is 7.89. The first-order valence-electron chi connectivity index (χ1n) is 9.16. The molecule has 150 valence electrons. The fourth-order valence-corrected chi connectivity index (χ4v) is 5.11. The minimum Gasteiger partial charge on any atom is -0.352 e. The molecule has 0 aromatic heterocycles. The second-order valence-corrected chi connectivity index (χ2v) is 8.65.